The Balaban J connectivity index is 1.82. The summed E-state index contributed by atoms with van der Waals surface area (Å²) in [5, 5.41) is 30.4. The maximum absolute atomic E-state index is 13.3. The number of aryl methyl sites for hydroxylation is 2. The van der Waals surface area contributed by atoms with Crippen molar-refractivity contribution in [3.63, 3.8) is 0 Å². The molecule has 11 nitrogen and oxygen atoms in total. The third-order valence-electron chi connectivity index (χ3n) is 5.51. The standard InChI is InChI=1S/C23H20N6O5/c1-4-27-12-18(14(3)26-27)20-11-17(16-7-5-6-8-19(16)25-20)23(30)24-15-9-21(28(31)32)13(2)22(10-15)29(33)34/h5-12H,4H2,1-3H3,(H,24,30). The molecule has 11 heteroatoms. The predicted octanol–water partition coefficient (Wildman–Crippen LogP) is 4.80. The van der Waals surface area contributed by atoms with E-state index in [0.717, 1.165) is 23.4 Å². The summed E-state index contributed by atoms with van der Waals surface area (Å²) in [6, 6.07) is 10.9. The molecule has 1 amide bonds. The summed E-state index contributed by atoms with van der Waals surface area (Å²) in [4.78, 5) is 39.3. The fourth-order valence-electron chi connectivity index (χ4n) is 3.77. The second kappa shape index (κ2) is 8.70. The van der Waals surface area contributed by atoms with Crippen LogP contribution in [0.4, 0.5) is 17.1 Å². The number of nitro groups is 2. The Kier molecular flexibility index (Phi) is 5.76. The van der Waals surface area contributed by atoms with E-state index in [-0.39, 0.29) is 16.8 Å². The van der Waals surface area contributed by atoms with Crippen molar-refractivity contribution in [1.29, 1.82) is 0 Å². The second-order valence-corrected chi connectivity index (χ2v) is 7.66. The number of nitro benzene ring substituents is 2. The van der Waals surface area contributed by atoms with E-state index >= 15 is 0 Å². The van der Waals surface area contributed by atoms with Crippen molar-refractivity contribution in [1.82, 2.24) is 14.8 Å². The minimum Gasteiger partial charge on any atom is -0.321 e. The highest BCUT2D eigenvalue weighted by molar-refractivity contribution is 6.13. The number of pyridine rings is 1. The van der Waals surface area contributed by atoms with Gasteiger partial charge in [0.2, 0.25) is 0 Å². The SMILES string of the molecule is CCn1cc(-c2cc(C(=O)Nc3cc([N+](=O)[O-])c(C)c([N+](=O)[O-])c3)c3ccccc3n2)c(C)n1. The molecule has 172 valence electrons. The van der Waals surface area contributed by atoms with Crippen molar-refractivity contribution in [2.45, 2.75) is 27.3 Å². The molecule has 2 heterocycles. The summed E-state index contributed by atoms with van der Waals surface area (Å²) >= 11 is 0. The summed E-state index contributed by atoms with van der Waals surface area (Å²) in [5.41, 5.74) is 1.87. The molecule has 4 rings (SSSR count). The molecule has 0 atom stereocenters. The van der Waals surface area contributed by atoms with Crippen LogP contribution in [0, 0.1) is 34.1 Å². The van der Waals surface area contributed by atoms with Gasteiger partial charge >= 0.3 is 0 Å². The third kappa shape index (κ3) is 4.06. The van der Waals surface area contributed by atoms with Gasteiger partial charge in [0.15, 0.2) is 0 Å². The summed E-state index contributed by atoms with van der Waals surface area (Å²) in [6.45, 7) is 5.78. The highest BCUT2D eigenvalue weighted by atomic mass is 16.6. The first-order chi connectivity index (χ1) is 16.2. The molecule has 2 aromatic carbocycles. The number of amides is 1. The molecule has 34 heavy (non-hydrogen) atoms. The summed E-state index contributed by atoms with van der Waals surface area (Å²) in [6.07, 6.45) is 1.85. The first-order valence-electron chi connectivity index (χ1n) is 10.4. The lowest BCUT2D eigenvalue weighted by Crippen LogP contribution is -2.14. The number of fused-ring (bicyclic) bond motifs is 1. The molecular formula is C23H20N6O5. The van der Waals surface area contributed by atoms with Crippen LogP contribution in [0.2, 0.25) is 0 Å². The molecule has 0 spiro atoms. The number of aromatic nitrogens is 3. The average Bonchev–Trinajstić information content (AvgIpc) is 3.19. The Hall–Kier alpha value is -4.67. The van der Waals surface area contributed by atoms with Crippen LogP contribution < -0.4 is 5.32 Å². The lowest BCUT2D eigenvalue weighted by molar-refractivity contribution is -0.395. The minimum atomic E-state index is -0.716. The Bertz CT molecular complexity index is 1440. The van der Waals surface area contributed by atoms with Crippen molar-refractivity contribution >= 4 is 33.9 Å². The van der Waals surface area contributed by atoms with E-state index in [1.807, 2.05) is 20.0 Å². The lowest BCUT2D eigenvalue weighted by atomic mass is 10.0. The number of carbonyl (C=O) groups is 1. The molecule has 0 saturated carbocycles. The smallest absolute Gasteiger partial charge is 0.281 e. The van der Waals surface area contributed by atoms with Crippen molar-refractivity contribution in [3.8, 4) is 11.3 Å². The fourth-order valence-corrected chi connectivity index (χ4v) is 3.77. The van der Waals surface area contributed by atoms with Gasteiger partial charge < -0.3 is 5.32 Å². The number of nitrogens with one attached hydrogen (secondary N) is 1. The Morgan fingerprint density at radius 3 is 2.29 bits per heavy atom. The van der Waals surface area contributed by atoms with Gasteiger partial charge in [-0.05, 0) is 32.9 Å². The molecule has 0 radical (unpaired) electrons. The maximum atomic E-state index is 13.3. The first-order valence-corrected chi connectivity index (χ1v) is 10.4. The van der Waals surface area contributed by atoms with Crippen LogP contribution in [0.15, 0.2) is 48.7 Å². The molecule has 2 aromatic heterocycles. The van der Waals surface area contributed by atoms with E-state index in [9.17, 15) is 25.0 Å². The largest absolute Gasteiger partial charge is 0.321 e. The van der Waals surface area contributed by atoms with E-state index in [1.54, 1.807) is 35.0 Å². The summed E-state index contributed by atoms with van der Waals surface area (Å²) in [7, 11) is 0. The number of nitrogens with zero attached hydrogens (tertiary/aromatic N) is 5. The van der Waals surface area contributed by atoms with Crippen LogP contribution >= 0.6 is 0 Å². The van der Waals surface area contributed by atoms with Gasteiger partial charge in [-0.2, -0.15) is 5.10 Å². The molecular weight excluding hydrogens is 440 g/mol. The zero-order valence-electron chi connectivity index (χ0n) is 18.6. The van der Waals surface area contributed by atoms with Crippen LogP contribution in [0.1, 0.15) is 28.5 Å². The van der Waals surface area contributed by atoms with E-state index < -0.39 is 27.1 Å². The summed E-state index contributed by atoms with van der Waals surface area (Å²) in [5.74, 6) is -0.576. The maximum Gasteiger partial charge on any atom is 0.281 e. The topological polar surface area (TPSA) is 146 Å². The van der Waals surface area contributed by atoms with Gasteiger partial charge in [0.25, 0.3) is 17.3 Å². The van der Waals surface area contributed by atoms with Gasteiger partial charge in [0.1, 0.15) is 5.56 Å². The minimum absolute atomic E-state index is 0.0496. The Morgan fingerprint density at radius 2 is 1.71 bits per heavy atom. The molecule has 4 aromatic rings. The van der Waals surface area contributed by atoms with Crippen LogP contribution in [0.5, 0.6) is 0 Å². The number of anilines is 1. The highest BCUT2D eigenvalue weighted by Crippen LogP contribution is 2.33. The number of carbonyl (C=O) groups excluding carboxylic acids is 1. The van der Waals surface area contributed by atoms with Crippen LogP contribution in [-0.4, -0.2) is 30.5 Å². The van der Waals surface area contributed by atoms with E-state index in [0.29, 0.717) is 23.1 Å². The third-order valence-corrected chi connectivity index (χ3v) is 5.51. The van der Waals surface area contributed by atoms with Crippen LogP contribution in [0.3, 0.4) is 0 Å². The van der Waals surface area contributed by atoms with Gasteiger partial charge in [0.05, 0.1) is 38.0 Å². The van der Waals surface area contributed by atoms with Crippen LogP contribution in [-0.2, 0) is 6.54 Å². The zero-order chi connectivity index (χ0) is 24.6. The van der Waals surface area contributed by atoms with Gasteiger partial charge in [-0.3, -0.25) is 29.7 Å². The van der Waals surface area contributed by atoms with Crippen molar-refractivity contribution in [2.75, 3.05) is 5.32 Å². The van der Waals surface area contributed by atoms with E-state index in [4.69, 9.17) is 0 Å². The fraction of sp³-hybridized carbons (Fsp3) is 0.174. The second-order valence-electron chi connectivity index (χ2n) is 7.66. The molecule has 0 aliphatic rings. The number of hydrogen-bond donors (Lipinski definition) is 1. The van der Waals surface area contributed by atoms with Gasteiger partial charge in [-0.1, -0.05) is 18.2 Å². The van der Waals surface area contributed by atoms with Crippen molar-refractivity contribution in [2.24, 2.45) is 0 Å². The van der Waals surface area contributed by atoms with Crippen LogP contribution in [0.25, 0.3) is 22.2 Å². The predicted molar refractivity (Wildman–Crippen MR) is 126 cm³/mol. The molecule has 0 saturated heterocycles. The van der Waals surface area contributed by atoms with Crippen molar-refractivity contribution in [3.05, 3.63) is 85.7 Å². The van der Waals surface area contributed by atoms with E-state index in [2.05, 4.69) is 15.4 Å². The monoisotopic (exact) mass is 460 g/mol. The number of para-hydroxylation sites is 1. The van der Waals surface area contributed by atoms with Gasteiger partial charge in [-0.25, -0.2) is 4.98 Å². The number of rotatable bonds is 6. The zero-order valence-corrected chi connectivity index (χ0v) is 18.6. The Labute approximate surface area is 193 Å². The molecule has 0 aliphatic heterocycles. The molecule has 0 fully saturated rings. The van der Waals surface area contributed by atoms with E-state index in [1.165, 1.54) is 6.92 Å². The quantitative estimate of drug-likeness (QED) is 0.321. The number of benzene rings is 2. The highest BCUT2D eigenvalue weighted by Gasteiger charge is 2.24. The Morgan fingerprint density at radius 1 is 1.06 bits per heavy atom. The number of hydrogen-bond acceptors (Lipinski definition) is 7. The lowest BCUT2D eigenvalue weighted by Gasteiger charge is -2.11. The molecule has 0 aliphatic carbocycles. The molecule has 0 unspecified atom stereocenters. The van der Waals surface area contributed by atoms with Crippen molar-refractivity contribution < 1.29 is 14.6 Å². The molecule has 0 bridgehead atoms. The van der Waals surface area contributed by atoms with Gasteiger partial charge in [0, 0.05) is 35.8 Å². The molecule has 1 N–H and O–H groups in total. The summed E-state index contributed by atoms with van der Waals surface area (Å²) < 4.78 is 1.77. The normalized spacial score (nSPS) is 10.9. The average molecular weight is 460 g/mol. The van der Waals surface area contributed by atoms with Gasteiger partial charge in [-0.15, -0.1) is 0 Å². The first kappa shape index (κ1) is 22.5.